The molecule has 0 N–H and O–H groups in total. The second-order valence-electron chi connectivity index (χ2n) is 4.76. The molecule has 2 heterocycles. The van der Waals surface area contributed by atoms with Crippen LogP contribution in [-0.4, -0.2) is 14.5 Å². The van der Waals surface area contributed by atoms with E-state index < -0.39 is 0 Å². The average molecular weight is 297 g/mol. The van der Waals surface area contributed by atoms with Crippen LogP contribution in [0, 0.1) is 11.3 Å². The third kappa shape index (κ3) is 2.48. The number of hydrogen-bond donors (Lipinski definition) is 0. The van der Waals surface area contributed by atoms with Crippen molar-refractivity contribution in [1.29, 1.82) is 5.26 Å². The van der Waals surface area contributed by atoms with Crippen LogP contribution < -0.4 is 0 Å². The maximum atomic E-state index is 9.01. The van der Waals surface area contributed by atoms with E-state index in [4.69, 9.17) is 16.9 Å². The average Bonchev–Trinajstić information content (AvgIpc) is 2.86. The van der Waals surface area contributed by atoms with E-state index in [1.54, 1.807) is 18.3 Å². The van der Waals surface area contributed by atoms with Gasteiger partial charge in [0, 0.05) is 12.7 Å². The molecular formula is C16H13ClN4. The van der Waals surface area contributed by atoms with Crippen LogP contribution in [0.1, 0.15) is 18.9 Å². The summed E-state index contributed by atoms with van der Waals surface area (Å²) in [5, 5.41) is 9.61. The topological polar surface area (TPSA) is 54.5 Å². The van der Waals surface area contributed by atoms with Crippen molar-refractivity contribution in [3.05, 3.63) is 47.1 Å². The molecule has 0 atom stereocenters. The van der Waals surface area contributed by atoms with E-state index in [-0.39, 0.29) is 0 Å². The van der Waals surface area contributed by atoms with E-state index in [1.807, 2.05) is 18.2 Å². The van der Waals surface area contributed by atoms with Gasteiger partial charge in [-0.3, -0.25) is 4.98 Å². The van der Waals surface area contributed by atoms with Gasteiger partial charge in [-0.2, -0.15) is 5.26 Å². The first-order valence-corrected chi connectivity index (χ1v) is 7.13. The molecule has 0 fully saturated rings. The third-order valence-electron chi connectivity index (χ3n) is 3.28. The number of aromatic nitrogens is 3. The minimum absolute atomic E-state index is 0.601. The molecule has 4 nitrogen and oxygen atoms in total. The lowest BCUT2D eigenvalue weighted by atomic mass is 10.2. The molecule has 2 aromatic heterocycles. The van der Waals surface area contributed by atoms with Crippen LogP contribution in [-0.2, 0) is 6.54 Å². The van der Waals surface area contributed by atoms with Crippen molar-refractivity contribution in [3.8, 4) is 17.6 Å². The van der Waals surface area contributed by atoms with E-state index in [1.165, 1.54) is 0 Å². The van der Waals surface area contributed by atoms with E-state index >= 15 is 0 Å². The zero-order chi connectivity index (χ0) is 14.8. The Bertz CT molecular complexity index is 828. The molecule has 3 aromatic rings. The summed E-state index contributed by atoms with van der Waals surface area (Å²) >= 11 is 5.89. The molecule has 0 saturated heterocycles. The summed E-state index contributed by atoms with van der Waals surface area (Å²) in [6, 6.07) is 11.4. The second-order valence-corrected chi connectivity index (χ2v) is 5.20. The maximum Gasteiger partial charge on any atom is 0.159 e. The van der Waals surface area contributed by atoms with Gasteiger partial charge in [0.15, 0.2) is 5.82 Å². The van der Waals surface area contributed by atoms with Gasteiger partial charge in [0.25, 0.3) is 0 Å². The van der Waals surface area contributed by atoms with Crippen molar-refractivity contribution in [1.82, 2.24) is 14.5 Å². The molecule has 0 unspecified atom stereocenters. The Morgan fingerprint density at radius 3 is 2.81 bits per heavy atom. The minimum atomic E-state index is 0.601. The van der Waals surface area contributed by atoms with Crippen molar-refractivity contribution in [2.24, 2.45) is 0 Å². The normalized spacial score (nSPS) is 10.7. The predicted octanol–water partition coefficient (Wildman–Crippen LogP) is 4.03. The number of imidazole rings is 1. The highest BCUT2D eigenvalue weighted by Crippen LogP contribution is 2.25. The first-order chi connectivity index (χ1) is 10.2. The summed E-state index contributed by atoms with van der Waals surface area (Å²) in [7, 11) is 0. The molecule has 0 radical (unpaired) electrons. The lowest BCUT2D eigenvalue weighted by Gasteiger charge is -2.07. The lowest BCUT2D eigenvalue weighted by Crippen LogP contribution is -2.00. The Labute approximate surface area is 127 Å². The molecule has 0 aliphatic heterocycles. The van der Waals surface area contributed by atoms with E-state index in [0.29, 0.717) is 10.6 Å². The van der Waals surface area contributed by atoms with Gasteiger partial charge in [-0.25, -0.2) is 4.98 Å². The molecular weight excluding hydrogens is 284 g/mol. The van der Waals surface area contributed by atoms with Crippen LogP contribution in [0.4, 0.5) is 0 Å². The molecule has 5 heteroatoms. The summed E-state index contributed by atoms with van der Waals surface area (Å²) in [6.45, 7) is 2.97. The Kier molecular flexibility index (Phi) is 3.59. The van der Waals surface area contributed by atoms with Gasteiger partial charge < -0.3 is 4.57 Å². The van der Waals surface area contributed by atoms with Gasteiger partial charge in [-0.15, -0.1) is 0 Å². The molecule has 0 aliphatic carbocycles. The Hall–Kier alpha value is -2.38. The summed E-state index contributed by atoms with van der Waals surface area (Å²) in [5.74, 6) is 0.804. The SMILES string of the molecule is CCCn1c(-c2ccc(Cl)cn2)nc2cc(C#N)ccc21. The molecule has 0 saturated carbocycles. The van der Waals surface area contributed by atoms with Crippen molar-refractivity contribution >= 4 is 22.6 Å². The fourth-order valence-electron chi connectivity index (χ4n) is 2.35. The highest BCUT2D eigenvalue weighted by atomic mass is 35.5. The molecule has 104 valence electrons. The van der Waals surface area contributed by atoms with Gasteiger partial charge in [0.1, 0.15) is 5.69 Å². The van der Waals surface area contributed by atoms with Gasteiger partial charge in [-0.1, -0.05) is 18.5 Å². The fourth-order valence-corrected chi connectivity index (χ4v) is 2.46. The number of nitrogens with zero attached hydrogens (tertiary/aromatic N) is 4. The van der Waals surface area contributed by atoms with Crippen molar-refractivity contribution in [2.75, 3.05) is 0 Å². The maximum absolute atomic E-state index is 9.01. The molecule has 1 aromatic carbocycles. The van der Waals surface area contributed by atoms with Crippen LogP contribution in [0.25, 0.3) is 22.6 Å². The summed E-state index contributed by atoms with van der Waals surface area (Å²) in [6.07, 6.45) is 2.61. The fraction of sp³-hybridized carbons (Fsp3) is 0.188. The first-order valence-electron chi connectivity index (χ1n) is 6.75. The number of halogens is 1. The number of hydrogen-bond acceptors (Lipinski definition) is 3. The minimum Gasteiger partial charge on any atom is -0.323 e. The van der Waals surface area contributed by atoms with E-state index in [2.05, 4.69) is 27.5 Å². The summed E-state index contributed by atoms with van der Waals surface area (Å²) < 4.78 is 2.13. The second kappa shape index (κ2) is 5.55. The standard InChI is InChI=1S/C16H13ClN4/c1-2-7-21-15-6-3-11(9-18)8-14(15)20-16(21)13-5-4-12(17)10-19-13/h3-6,8,10H,2,7H2,1H3. The lowest BCUT2D eigenvalue weighted by molar-refractivity contribution is 0.702. The van der Waals surface area contributed by atoms with E-state index in [0.717, 1.165) is 35.5 Å². The van der Waals surface area contributed by atoms with Crippen molar-refractivity contribution in [2.45, 2.75) is 19.9 Å². The summed E-state index contributed by atoms with van der Waals surface area (Å²) in [4.78, 5) is 9.00. The van der Waals surface area contributed by atoms with Crippen molar-refractivity contribution < 1.29 is 0 Å². The zero-order valence-electron chi connectivity index (χ0n) is 11.5. The molecule has 3 rings (SSSR count). The molecule has 0 amide bonds. The van der Waals surface area contributed by atoms with Crippen LogP contribution >= 0.6 is 11.6 Å². The molecule has 21 heavy (non-hydrogen) atoms. The third-order valence-corrected chi connectivity index (χ3v) is 3.50. The van der Waals surface area contributed by atoms with Crippen LogP contribution in [0.5, 0.6) is 0 Å². The highest BCUT2D eigenvalue weighted by molar-refractivity contribution is 6.30. The number of pyridine rings is 1. The number of nitriles is 1. The van der Waals surface area contributed by atoms with Gasteiger partial charge in [-0.05, 0) is 36.8 Å². The quantitative estimate of drug-likeness (QED) is 0.733. The highest BCUT2D eigenvalue weighted by Gasteiger charge is 2.13. The predicted molar refractivity (Wildman–Crippen MR) is 83.0 cm³/mol. The number of aryl methyl sites for hydroxylation is 1. The van der Waals surface area contributed by atoms with Crippen molar-refractivity contribution in [3.63, 3.8) is 0 Å². The van der Waals surface area contributed by atoms with Gasteiger partial charge in [0.05, 0.1) is 27.7 Å². The molecule has 0 bridgehead atoms. The smallest absolute Gasteiger partial charge is 0.159 e. The summed E-state index contributed by atoms with van der Waals surface area (Å²) in [5.41, 5.74) is 3.22. The number of fused-ring (bicyclic) bond motifs is 1. The largest absolute Gasteiger partial charge is 0.323 e. The van der Waals surface area contributed by atoms with Crippen LogP contribution in [0.15, 0.2) is 36.5 Å². The Balaban J connectivity index is 2.23. The van der Waals surface area contributed by atoms with E-state index in [9.17, 15) is 0 Å². The molecule has 0 aliphatic rings. The number of benzene rings is 1. The molecule has 0 spiro atoms. The van der Waals surface area contributed by atoms with Gasteiger partial charge in [0.2, 0.25) is 0 Å². The number of rotatable bonds is 3. The van der Waals surface area contributed by atoms with Gasteiger partial charge >= 0.3 is 0 Å². The Morgan fingerprint density at radius 2 is 2.14 bits per heavy atom. The van der Waals surface area contributed by atoms with Crippen LogP contribution in [0.3, 0.4) is 0 Å². The Morgan fingerprint density at radius 1 is 1.29 bits per heavy atom. The zero-order valence-corrected chi connectivity index (χ0v) is 12.3. The first kappa shape index (κ1) is 13.6. The monoisotopic (exact) mass is 296 g/mol. The van der Waals surface area contributed by atoms with Crippen LogP contribution in [0.2, 0.25) is 5.02 Å².